The van der Waals surface area contributed by atoms with Crippen LogP contribution in [0.4, 0.5) is 7.77 Å². The highest BCUT2D eigenvalue weighted by atomic mass is 32.3. The molecule has 0 radical (unpaired) electrons. The van der Waals surface area contributed by atoms with Crippen molar-refractivity contribution in [3.05, 3.63) is 23.2 Å². The summed E-state index contributed by atoms with van der Waals surface area (Å²) in [6.45, 7) is 0. The molecule has 1 aromatic carbocycles. The summed E-state index contributed by atoms with van der Waals surface area (Å²) in [5, 5.41) is 17.7. The number of hydrogen-bond acceptors (Lipinski definition) is 5. The van der Waals surface area contributed by atoms with Crippen molar-refractivity contribution in [3.63, 3.8) is 0 Å². The molecule has 1 aromatic heterocycles. The Labute approximate surface area is 117 Å². The predicted octanol–water partition coefficient (Wildman–Crippen LogP) is 2.79. The van der Waals surface area contributed by atoms with Crippen LogP contribution in [0.15, 0.2) is 23.2 Å². The SMILES string of the molecule is O=C(O)[C@H]1CS(F)(F)C(c2nc3ccc(O)cc3s2)=N1. The molecule has 2 aromatic rings. The summed E-state index contributed by atoms with van der Waals surface area (Å²) in [6, 6.07) is 2.94. The van der Waals surface area contributed by atoms with Gasteiger partial charge in [0, 0.05) is 0 Å². The van der Waals surface area contributed by atoms with Gasteiger partial charge in [-0.1, -0.05) is 0 Å². The first kappa shape index (κ1) is 13.3. The van der Waals surface area contributed by atoms with Crippen LogP contribution in [0.2, 0.25) is 0 Å². The molecule has 0 saturated heterocycles. The minimum atomic E-state index is -4.24. The van der Waals surface area contributed by atoms with Gasteiger partial charge in [0.2, 0.25) is 0 Å². The molecule has 9 heteroatoms. The molecule has 0 saturated carbocycles. The fourth-order valence-corrected chi connectivity index (χ4v) is 4.58. The van der Waals surface area contributed by atoms with E-state index in [9.17, 15) is 17.7 Å². The standard InChI is InChI=1S/C11H8F2N2O3S2/c12-20(13)4-7(11(17)18)15-10(20)9-14-6-2-1-5(16)3-8(6)19-9/h1-3,7,16H,4H2,(H,17,18)/t7-/m1/s1. The highest BCUT2D eigenvalue weighted by molar-refractivity contribution is 8.38. The average molecular weight is 318 g/mol. The lowest BCUT2D eigenvalue weighted by Gasteiger charge is -2.13. The zero-order valence-electron chi connectivity index (χ0n) is 9.79. The van der Waals surface area contributed by atoms with Crippen LogP contribution in [0.25, 0.3) is 10.2 Å². The Bertz CT molecular complexity index is 744. The van der Waals surface area contributed by atoms with E-state index in [0.29, 0.717) is 10.2 Å². The average Bonchev–Trinajstić information content (AvgIpc) is 2.88. The third-order valence-corrected chi connectivity index (χ3v) is 5.52. The molecular weight excluding hydrogens is 310 g/mol. The number of phenols is 1. The van der Waals surface area contributed by atoms with Gasteiger partial charge in [-0.05, 0) is 18.2 Å². The fraction of sp³-hybridized carbons (Fsp3) is 0.182. The maximum atomic E-state index is 13.9. The molecule has 0 aliphatic carbocycles. The fourth-order valence-electron chi connectivity index (χ4n) is 1.85. The van der Waals surface area contributed by atoms with Gasteiger partial charge in [-0.15, -0.1) is 11.3 Å². The topological polar surface area (TPSA) is 82.8 Å². The third kappa shape index (κ3) is 2.12. The second kappa shape index (κ2) is 4.38. The first-order valence-electron chi connectivity index (χ1n) is 5.47. The summed E-state index contributed by atoms with van der Waals surface area (Å²) in [7, 11) is -4.24. The molecule has 0 unspecified atom stereocenters. The smallest absolute Gasteiger partial charge is 0.329 e. The Morgan fingerprint density at radius 3 is 2.85 bits per heavy atom. The minimum absolute atomic E-state index is 0.0172. The highest BCUT2D eigenvalue weighted by Crippen LogP contribution is 2.59. The van der Waals surface area contributed by atoms with Gasteiger partial charge in [-0.3, -0.25) is 4.99 Å². The van der Waals surface area contributed by atoms with Crippen LogP contribution in [0.5, 0.6) is 5.75 Å². The summed E-state index contributed by atoms with van der Waals surface area (Å²) in [5.41, 5.74) is 0.472. The summed E-state index contributed by atoms with van der Waals surface area (Å²) < 4.78 is 28.4. The number of carbonyl (C=O) groups is 1. The Balaban J connectivity index is 2.09. The number of halogens is 2. The Morgan fingerprint density at radius 2 is 2.20 bits per heavy atom. The van der Waals surface area contributed by atoms with E-state index in [2.05, 4.69) is 9.98 Å². The second-order valence-electron chi connectivity index (χ2n) is 4.20. The second-order valence-corrected chi connectivity index (χ2v) is 7.10. The number of rotatable bonds is 2. The van der Waals surface area contributed by atoms with E-state index in [1.807, 2.05) is 0 Å². The largest absolute Gasteiger partial charge is 0.508 e. The van der Waals surface area contributed by atoms with Crippen molar-refractivity contribution in [1.29, 1.82) is 0 Å². The van der Waals surface area contributed by atoms with E-state index in [1.165, 1.54) is 18.2 Å². The lowest BCUT2D eigenvalue weighted by molar-refractivity contribution is -0.137. The molecule has 0 bridgehead atoms. The number of thiazole rings is 1. The lowest BCUT2D eigenvalue weighted by atomic mass is 10.3. The summed E-state index contributed by atoms with van der Waals surface area (Å²) in [4.78, 5) is 18.5. The molecule has 0 fully saturated rings. The lowest BCUT2D eigenvalue weighted by Crippen LogP contribution is -2.18. The van der Waals surface area contributed by atoms with Crippen molar-refractivity contribution in [1.82, 2.24) is 4.98 Å². The number of aliphatic carboxylic acids is 1. The van der Waals surface area contributed by atoms with E-state index in [1.54, 1.807) is 0 Å². The van der Waals surface area contributed by atoms with E-state index in [4.69, 9.17) is 5.11 Å². The zero-order valence-corrected chi connectivity index (χ0v) is 11.4. The van der Waals surface area contributed by atoms with Gasteiger partial charge in [-0.25, -0.2) is 9.78 Å². The number of benzene rings is 1. The van der Waals surface area contributed by atoms with Gasteiger partial charge in [0.05, 0.1) is 16.0 Å². The molecule has 20 heavy (non-hydrogen) atoms. The number of aromatic hydroxyl groups is 1. The zero-order chi connectivity index (χ0) is 14.5. The van der Waals surface area contributed by atoms with Crippen molar-refractivity contribution in [2.24, 2.45) is 4.99 Å². The molecule has 1 aliphatic rings. The Hall–Kier alpha value is -1.74. The van der Waals surface area contributed by atoms with Crippen molar-refractivity contribution in [2.45, 2.75) is 6.04 Å². The van der Waals surface area contributed by atoms with Crippen molar-refractivity contribution in [2.75, 3.05) is 5.75 Å². The molecule has 1 atom stereocenters. The number of aliphatic imine (C=N–C) groups is 1. The first-order chi connectivity index (χ1) is 9.37. The van der Waals surface area contributed by atoms with E-state index in [-0.39, 0.29) is 10.8 Å². The number of phenolic OH excluding ortho intramolecular Hbond substituents is 1. The summed E-state index contributed by atoms with van der Waals surface area (Å²) in [5.74, 6) is -2.10. The third-order valence-electron chi connectivity index (χ3n) is 2.76. The highest BCUT2D eigenvalue weighted by Gasteiger charge is 2.44. The Kier molecular flexibility index (Phi) is 2.91. The molecule has 1 aliphatic heterocycles. The molecule has 3 rings (SSSR count). The van der Waals surface area contributed by atoms with Gasteiger partial charge in [0.15, 0.2) is 16.1 Å². The molecule has 2 N–H and O–H groups in total. The van der Waals surface area contributed by atoms with Crippen LogP contribution in [-0.2, 0) is 4.79 Å². The quantitative estimate of drug-likeness (QED) is 0.892. The van der Waals surface area contributed by atoms with Crippen molar-refractivity contribution in [3.8, 4) is 5.75 Å². The number of hydrogen-bond donors (Lipinski definition) is 2. The van der Waals surface area contributed by atoms with Crippen LogP contribution < -0.4 is 0 Å². The number of fused-ring (bicyclic) bond motifs is 1. The van der Waals surface area contributed by atoms with Gasteiger partial charge in [0.25, 0.3) is 0 Å². The van der Waals surface area contributed by atoms with Gasteiger partial charge in [-0.2, -0.15) is 7.77 Å². The Morgan fingerprint density at radius 1 is 1.45 bits per heavy atom. The number of carboxylic acids is 1. The summed E-state index contributed by atoms with van der Waals surface area (Å²) in [6.07, 6.45) is 0. The molecule has 0 amide bonds. The van der Waals surface area contributed by atoms with E-state index < -0.39 is 33.6 Å². The number of carboxylic acid groups (broad SMARTS) is 1. The van der Waals surface area contributed by atoms with Crippen LogP contribution in [-0.4, -0.2) is 38.0 Å². The van der Waals surface area contributed by atoms with Crippen LogP contribution >= 0.6 is 22.1 Å². The molecule has 2 heterocycles. The van der Waals surface area contributed by atoms with E-state index >= 15 is 0 Å². The first-order valence-corrected chi connectivity index (χ1v) is 7.89. The normalized spacial score (nSPS) is 22.7. The molecule has 5 nitrogen and oxygen atoms in total. The number of aromatic nitrogens is 1. The van der Waals surface area contributed by atoms with Crippen LogP contribution in [0.1, 0.15) is 5.01 Å². The van der Waals surface area contributed by atoms with E-state index in [0.717, 1.165) is 11.3 Å². The summed E-state index contributed by atoms with van der Waals surface area (Å²) >= 11 is 0.971. The molecule has 106 valence electrons. The van der Waals surface area contributed by atoms with Crippen LogP contribution in [0, 0.1) is 0 Å². The maximum Gasteiger partial charge on any atom is 0.329 e. The van der Waals surface area contributed by atoms with Crippen LogP contribution in [0.3, 0.4) is 0 Å². The predicted molar refractivity (Wildman–Crippen MR) is 73.9 cm³/mol. The van der Waals surface area contributed by atoms with Gasteiger partial charge < -0.3 is 10.2 Å². The maximum absolute atomic E-state index is 13.9. The molecule has 0 spiro atoms. The van der Waals surface area contributed by atoms with Gasteiger partial charge >= 0.3 is 5.97 Å². The monoisotopic (exact) mass is 318 g/mol. The minimum Gasteiger partial charge on any atom is -0.508 e. The van der Waals surface area contributed by atoms with Crippen molar-refractivity contribution < 1.29 is 22.8 Å². The number of nitrogens with zero attached hydrogens (tertiary/aromatic N) is 2. The van der Waals surface area contributed by atoms with Crippen molar-refractivity contribution >= 4 is 43.4 Å². The molecular formula is C11H8F2N2O3S2. The van der Waals surface area contributed by atoms with Gasteiger partial charge in [0.1, 0.15) is 16.5 Å².